The first-order chi connectivity index (χ1) is 12.9. The molecule has 142 valence electrons. The number of carbonyl (C=O) groups excluding carboxylic acids is 1. The highest BCUT2D eigenvalue weighted by Gasteiger charge is 2.21. The number of carboxylic acids is 1. The summed E-state index contributed by atoms with van der Waals surface area (Å²) in [4.78, 5) is 37.8. The lowest BCUT2D eigenvalue weighted by Crippen LogP contribution is -2.43. The molecule has 1 unspecified atom stereocenters. The largest absolute Gasteiger partial charge is 0.480 e. The molecule has 2 aromatic rings. The van der Waals surface area contributed by atoms with Gasteiger partial charge in [0.15, 0.2) is 0 Å². The zero-order valence-corrected chi connectivity index (χ0v) is 14.2. The Bertz CT molecular complexity index is 795. The number of aliphatic carboxylic acids is 1. The quantitative estimate of drug-likeness (QED) is 0.509. The SMILES string of the molecule is O=C(NC(Cc1ccccc1)C(=O)O)Oc1cccc(CCO[N+](=O)[O-])c1. The molecular weight excluding hydrogens is 356 g/mol. The molecule has 0 saturated carbocycles. The van der Waals surface area contributed by atoms with Crippen molar-refractivity contribution in [2.75, 3.05) is 6.61 Å². The molecule has 0 spiro atoms. The molecule has 9 heteroatoms. The summed E-state index contributed by atoms with van der Waals surface area (Å²) >= 11 is 0. The predicted octanol–water partition coefficient (Wildman–Crippen LogP) is 2.22. The van der Waals surface area contributed by atoms with Crippen molar-refractivity contribution in [2.45, 2.75) is 18.9 Å². The third-order valence-corrected chi connectivity index (χ3v) is 3.57. The molecule has 0 aromatic heterocycles. The van der Waals surface area contributed by atoms with Crippen molar-refractivity contribution < 1.29 is 29.4 Å². The van der Waals surface area contributed by atoms with Crippen molar-refractivity contribution in [3.05, 3.63) is 75.8 Å². The number of rotatable bonds is 9. The molecule has 1 atom stereocenters. The molecule has 0 bridgehead atoms. The topological polar surface area (TPSA) is 128 Å². The van der Waals surface area contributed by atoms with Gasteiger partial charge in [0.25, 0.3) is 5.09 Å². The van der Waals surface area contributed by atoms with Gasteiger partial charge in [-0.3, -0.25) is 0 Å². The van der Waals surface area contributed by atoms with Gasteiger partial charge in [0.2, 0.25) is 0 Å². The fourth-order valence-electron chi connectivity index (χ4n) is 2.33. The van der Waals surface area contributed by atoms with Gasteiger partial charge in [-0.1, -0.05) is 42.5 Å². The Morgan fingerprint density at radius 3 is 2.48 bits per heavy atom. The number of ether oxygens (including phenoxy) is 1. The summed E-state index contributed by atoms with van der Waals surface area (Å²) < 4.78 is 5.11. The Morgan fingerprint density at radius 2 is 1.81 bits per heavy atom. The fraction of sp³-hybridized carbons (Fsp3) is 0.222. The maximum Gasteiger partial charge on any atom is 0.413 e. The first-order valence-electron chi connectivity index (χ1n) is 8.05. The number of carbonyl (C=O) groups is 2. The smallest absolute Gasteiger partial charge is 0.413 e. The Balaban J connectivity index is 1.93. The van der Waals surface area contributed by atoms with Crippen molar-refractivity contribution in [1.29, 1.82) is 0 Å². The van der Waals surface area contributed by atoms with Gasteiger partial charge in [-0.15, -0.1) is 10.1 Å². The van der Waals surface area contributed by atoms with E-state index in [1.165, 1.54) is 12.1 Å². The van der Waals surface area contributed by atoms with Crippen molar-refractivity contribution >= 4 is 12.1 Å². The van der Waals surface area contributed by atoms with Gasteiger partial charge in [0.1, 0.15) is 18.4 Å². The van der Waals surface area contributed by atoms with Crippen LogP contribution in [0.5, 0.6) is 5.75 Å². The third kappa shape index (κ3) is 7.02. The predicted molar refractivity (Wildman–Crippen MR) is 93.8 cm³/mol. The van der Waals surface area contributed by atoms with E-state index in [1.807, 2.05) is 6.07 Å². The number of benzene rings is 2. The van der Waals surface area contributed by atoms with Crippen LogP contribution in [0.2, 0.25) is 0 Å². The van der Waals surface area contributed by atoms with Gasteiger partial charge < -0.3 is 20.0 Å². The molecule has 0 aliphatic carbocycles. The van der Waals surface area contributed by atoms with Gasteiger partial charge in [-0.2, -0.15) is 0 Å². The van der Waals surface area contributed by atoms with E-state index < -0.39 is 23.2 Å². The zero-order valence-electron chi connectivity index (χ0n) is 14.2. The number of hydrogen-bond donors (Lipinski definition) is 2. The summed E-state index contributed by atoms with van der Waals surface area (Å²) in [6.07, 6.45) is -0.535. The maximum absolute atomic E-state index is 12.0. The van der Waals surface area contributed by atoms with Crippen LogP contribution < -0.4 is 10.1 Å². The van der Waals surface area contributed by atoms with Crippen molar-refractivity contribution in [2.24, 2.45) is 0 Å². The fourth-order valence-corrected chi connectivity index (χ4v) is 2.33. The van der Waals surface area contributed by atoms with E-state index >= 15 is 0 Å². The van der Waals surface area contributed by atoms with Crippen LogP contribution in [0, 0.1) is 10.1 Å². The van der Waals surface area contributed by atoms with Crippen LogP contribution in [0.15, 0.2) is 54.6 Å². The van der Waals surface area contributed by atoms with Crippen LogP contribution in [0.3, 0.4) is 0 Å². The van der Waals surface area contributed by atoms with Crippen LogP contribution in [-0.2, 0) is 22.5 Å². The van der Waals surface area contributed by atoms with Crippen LogP contribution >= 0.6 is 0 Å². The van der Waals surface area contributed by atoms with E-state index in [4.69, 9.17) is 4.74 Å². The zero-order chi connectivity index (χ0) is 19.6. The summed E-state index contributed by atoms with van der Waals surface area (Å²) in [6, 6.07) is 14.1. The minimum absolute atomic E-state index is 0.115. The molecule has 27 heavy (non-hydrogen) atoms. The monoisotopic (exact) mass is 374 g/mol. The minimum Gasteiger partial charge on any atom is -0.480 e. The molecule has 2 N–H and O–H groups in total. The minimum atomic E-state index is -1.18. The standard InChI is InChI=1S/C18H18N2O7/c21-17(22)16(12-13-5-2-1-3-6-13)19-18(23)27-15-8-4-7-14(11-15)9-10-26-20(24)25/h1-8,11,16H,9-10,12H2,(H,19,23)(H,21,22). The summed E-state index contributed by atoms with van der Waals surface area (Å²) in [7, 11) is 0. The highest BCUT2D eigenvalue weighted by Crippen LogP contribution is 2.14. The first kappa shape index (κ1) is 19.7. The average Bonchev–Trinajstić information content (AvgIpc) is 2.62. The van der Waals surface area contributed by atoms with Gasteiger partial charge >= 0.3 is 12.1 Å². The highest BCUT2D eigenvalue weighted by molar-refractivity contribution is 5.81. The number of hydrogen-bond acceptors (Lipinski definition) is 6. The van der Waals surface area contributed by atoms with Crippen LogP contribution in [0.4, 0.5) is 4.79 Å². The Kier molecular flexibility index (Phi) is 7.12. The molecule has 9 nitrogen and oxygen atoms in total. The normalized spacial score (nSPS) is 11.3. The molecule has 1 amide bonds. The third-order valence-electron chi connectivity index (χ3n) is 3.57. The molecular formula is C18H18N2O7. The van der Waals surface area contributed by atoms with Crippen LogP contribution in [-0.4, -0.2) is 34.9 Å². The summed E-state index contributed by atoms with van der Waals surface area (Å²) in [5.74, 6) is -0.989. The molecule has 0 saturated heterocycles. The summed E-state index contributed by atoms with van der Waals surface area (Å²) in [5, 5.41) is 20.9. The Labute approximate surface area is 154 Å². The number of carboxylic acid groups (broad SMARTS) is 1. The number of nitrogens with zero attached hydrogens (tertiary/aromatic N) is 1. The number of amides is 1. The maximum atomic E-state index is 12.0. The van der Waals surface area contributed by atoms with E-state index in [1.54, 1.807) is 36.4 Å². The van der Waals surface area contributed by atoms with E-state index in [2.05, 4.69) is 10.2 Å². The molecule has 0 radical (unpaired) electrons. The van der Waals surface area contributed by atoms with Crippen LogP contribution in [0.1, 0.15) is 11.1 Å². The summed E-state index contributed by atoms with van der Waals surface area (Å²) in [5.41, 5.74) is 1.43. The lowest BCUT2D eigenvalue weighted by molar-refractivity contribution is -0.757. The molecule has 2 aromatic carbocycles. The molecule has 0 heterocycles. The molecule has 0 aliphatic heterocycles. The molecule has 0 fully saturated rings. The van der Waals surface area contributed by atoms with Gasteiger partial charge in [-0.25, -0.2) is 9.59 Å². The second kappa shape index (κ2) is 9.76. The van der Waals surface area contributed by atoms with Gasteiger partial charge in [0.05, 0.1) is 0 Å². The second-order valence-corrected chi connectivity index (χ2v) is 5.57. The highest BCUT2D eigenvalue weighted by atomic mass is 16.9. The van der Waals surface area contributed by atoms with Gasteiger partial charge in [-0.05, 0) is 29.7 Å². The molecule has 0 aliphatic rings. The van der Waals surface area contributed by atoms with E-state index in [9.17, 15) is 24.8 Å². The molecule has 2 rings (SSSR count). The first-order valence-corrected chi connectivity index (χ1v) is 8.05. The Hall–Kier alpha value is -3.62. The Morgan fingerprint density at radius 1 is 1.11 bits per heavy atom. The van der Waals surface area contributed by atoms with Crippen LogP contribution in [0.25, 0.3) is 0 Å². The van der Waals surface area contributed by atoms with Crippen molar-refractivity contribution in [3.8, 4) is 5.75 Å². The van der Waals surface area contributed by atoms with Crippen molar-refractivity contribution in [3.63, 3.8) is 0 Å². The van der Waals surface area contributed by atoms with E-state index in [-0.39, 0.29) is 25.2 Å². The average molecular weight is 374 g/mol. The van der Waals surface area contributed by atoms with Gasteiger partial charge in [0, 0.05) is 6.42 Å². The lowest BCUT2D eigenvalue weighted by Gasteiger charge is -2.15. The second-order valence-electron chi connectivity index (χ2n) is 5.57. The number of nitrogens with one attached hydrogen (secondary N) is 1. The van der Waals surface area contributed by atoms with Crippen molar-refractivity contribution in [1.82, 2.24) is 5.32 Å². The lowest BCUT2D eigenvalue weighted by atomic mass is 10.1. The van der Waals surface area contributed by atoms with E-state index in [0.717, 1.165) is 5.56 Å². The summed E-state index contributed by atoms with van der Waals surface area (Å²) in [6.45, 7) is -0.124. The van der Waals surface area contributed by atoms with E-state index in [0.29, 0.717) is 5.56 Å².